The van der Waals surface area contributed by atoms with Crippen LogP contribution in [0.2, 0.25) is 0 Å². The minimum absolute atomic E-state index is 0.113. The second kappa shape index (κ2) is 6.10. The summed E-state index contributed by atoms with van der Waals surface area (Å²) in [5.74, 6) is 0.907. The van der Waals surface area contributed by atoms with E-state index in [1.807, 2.05) is 0 Å². The number of aromatic amines is 1. The molecule has 0 saturated heterocycles. The Morgan fingerprint density at radius 3 is 2.68 bits per heavy atom. The van der Waals surface area contributed by atoms with Gasteiger partial charge in [0.25, 0.3) is 5.69 Å². The van der Waals surface area contributed by atoms with Crippen LogP contribution in [-0.2, 0) is 6.54 Å². The van der Waals surface area contributed by atoms with Crippen LogP contribution in [0.25, 0.3) is 0 Å². The standard InChI is InChI=1S/C13H16N4O2/c1-2-12(13-14-7-8-15-13)16-9-10-3-5-11(6-4-10)17(18)19/h3-8,12,16H,2,9H2,1H3,(H,14,15). The van der Waals surface area contributed by atoms with E-state index in [9.17, 15) is 10.1 Å². The first-order chi connectivity index (χ1) is 9.20. The lowest BCUT2D eigenvalue weighted by Crippen LogP contribution is -2.21. The molecule has 6 nitrogen and oxygen atoms in total. The topological polar surface area (TPSA) is 83.8 Å². The van der Waals surface area contributed by atoms with Gasteiger partial charge in [-0.05, 0) is 12.0 Å². The summed E-state index contributed by atoms with van der Waals surface area (Å²) in [4.78, 5) is 17.5. The van der Waals surface area contributed by atoms with Crippen LogP contribution in [0.5, 0.6) is 0 Å². The zero-order chi connectivity index (χ0) is 13.7. The number of nitrogens with zero attached hydrogens (tertiary/aromatic N) is 2. The maximum absolute atomic E-state index is 10.6. The summed E-state index contributed by atoms with van der Waals surface area (Å²) in [5, 5.41) is 13.9. The number of aromatic nitrogens is 2. The highest BCUT2D eigenvalue weighted by Crippen LogP contribution is 2.15. The van der Waals surface area contributed by atoms with Crippen LogP contribution >= 0.6 is 0 Å². The lowest BCUT2D eigenvalue weighted by atomic mass is 10.1. The fourth-order valence-corrected chi connectivity index (χ4v) is 1.88. The molecule has 6 heteroatoms. The highest BCUT2D eigenvalue weighted by atomic mass is 16.6. The third-order valence-electron chi connectivity index (χ3n) is 2.96. The number of nitro benzene ring substituents is 1. The maximum atomic E-state index is 10.6. The van der Waals surface area contributed by atoms with Gasteiger partial charge in [-0.15, -0.1) is 0 Å². The molecule has 1 heterocycles. The van der Waals surface area contributed by atoms with Gasteiger partial charge in [-0.25, -0.2) is 4.98 Å². The number of non-ortho nitro benzene ring substituents is 1. The van der Waals surface area contributed by atoms with Gasteiger partial charge in [0.2, 0.25) is 0 Å². The van der Waals surface area contributed by atoms with Gasteiger partial charge in [0.1, 0.15) is 5.82 Å². The van der Waals surface area contributed by atoms with Crippen LogP contribution in [0, 0.1) is 10.1 Å². The van der Waals surface area contributed by atoms with Gasteiger partial charge in [0.05, 0.1) is 11.0 Å². The first kappa shape index (κ1) is 13.2. The molecule has 1 aromatic heterocycles. The lowest BCUT2D eigenvalue weighted by Gasteiger charge is -2.14. The third-order valence-corrected chi connectivity index (χ3v) is 2.96. The Bertz CT molecular complexity index is 522. The van der Waals surface area contributed by atoms with Crippen molar-refractivity contribution in [2.75, 3.05) is 0 Å². The molecule has 0 radical (unpaired) electrons. The highest BCUT2D eigenvalue weighted by Gasteiger charge is 2.11. The number of benzene rings is 1. The first-order valence-electron chi connectivity index (χ1n) is 6.16. The molecule has 0 saturated carbocycles. The van der Waals surface area contributed by atoms with E-state index in [-0.39, 0.29) is 11.7 Å². The Kier molecular flexibility index (Phi) is 4.25. The van der Waals surface area contributed by atoms with Crippen molar-refractivity contribution in [2.24, 2.45) is 0 Å². The van der Waals surface area contributed by atoms with E-state index < -0.39 is 4.92 Å². The number of imidazole rings is 1. The molecule has 0 aliphatic carbocycles. The molecular formula is C13H16N4O2. The lowest BCUT2D eigenvalue weighted by molar-refractivity contribution is -0.384. The normalized spacial score (nSPS) is 12.3. The summed E-state index contributed by atoms with van der Waals surface area (Å²) < 4.78 is 0. The van der Waals surface area contributed by atoms with Crippen molar-refractivity contribution in [3.8, 4) is 0 Å². The molecular weight excluding hydrogens is 244 g/mol. The molecule has 2 aromatic rings. The SMILES string of the molecule is CCC(NCc1ccc([N+](=O)[O-])cc1)c1ncc[nH]1. The number of nitrogens with one attached hydrogen (secondary N) is 2. The van der Waals surface area contributed by atoms with Crippen molar-refractivity contribution in [3.63, 3.8) is 0 Å². The van der Waals surface area contributed by atoms with Crippen molar-refractivity contribution in [3.05, 3.63) is 58.2 Å². The van der Waals surface area contributed by atoms with Crippen LogP contribution < -0.4 is 5.32 Å². The Hall–Kier alpha value is -2.21. The van der Waals surface area contributed by atoms with Crippen molar-refractivity contribution >= 4 is 5.69 Å². The molecule has 2 N–H and O–H groups in total. The summed E-state index contributed by atoms with van der Waals surface area (Å²) in [6.45, 7) is 2.73. The zero-order valence-electron chi connectivity index (χ0n) is 10.7. The van der Waals surface area contributed by atoms with Gasteiger partial charge in [-0.1, -0.05) is 19.1 Å². The van der Waals surface area contributed by atoms with Crippen LogP contribution in [0.15, 0.2) is 36.7 Å². The second-order valence-corrected chi connectivity index (χ2v) is 4.24. The van der Waals surface area contributed by atoms with E-state index >= 15 is 0 Å². The summed E-state index contributed by atoms with van der Waals surface area (Å²) in [7, 11) is 0. The Balaban J connectivity index is 1.96. The van der Waals surface area contributed by atoms with Crippen LogP contribution in [0.3, 0.4) is 0 Å². The van der Waals surface area contributed by atoms with Gasteiger partial charge in [0.15, 0.2) is 0 Å². The molecule has 0 aliphatic rings. The van der Waals surface area contributed by atoms with Gasteiger partial charge in [-0.2, -0.15) is 0 Å². The Labute approximate surface area is 111 Å². The minimum Gasteiger partial charge on any atom is -0.347 e. The third kappa shape index (κ3) is 3.38. The Morgan fingerprint density at radius 2 is 2.16 bits per heavy atom. The number of rotatable bonds is 6. The van der Waals surface area contributed by atoms with E-state index in [2.05, 4.69) is 22.2 Å². The van der Waals surface area contributed by atoms with Crippen LogP contribution in [-0.4, -0.2) is 14.9 Å². The van der Waals surface area contributed by atoms with E-state index in [0.717, 1.165) is 17.8 Å². The van der Waals surface area contributed by atoms with Crippen molar-refractivity contribution in [2.45, 2.75) is 25.9 Å². The molecule has 0 spiro atoms. The molecule has 0 aliphatic heterocycles. The molecule has 100 valence electrons. The second-order valence-electron chi connectivity index (χ2n) is 4.24. The Morgan fingerprint density at radius 1 is 1.42 bits per heavy atom. The number of H-pyrrole nitrogens is 1. The quantitative estimate of drug-likeness (QED) is 0.617. The summed E-state index contributed by atoms with van der Waals surface area (Å²) >= 11 is 0. The van der Waals surface area contributed by atoms with E-state index in [1.165, 1.54) is 12.1 Å². The van der Waals surface area contributed by atoms with E-state index in [0.29, 0.717) is 6.54 Å². The van der Waals surface area contributed by atoms with Crippen molar-refractivity contribution in [1.29, 1.82) is 0 Å². The average molecular weight is 260 g/mol. The molecule has 0 amide bonds. The first-order valence-corrected chi connectivity index (χ1v) is 6.16. The van der Waals surface area contributed by atoms with Crippen LogP contribution in [0.1, 0.15) is 30.8 Å². The number of hydrogen-bond acceptors (Lipinski definition) is 4. The predicted molar refractivity (Wildman–Crippen MR) is 71.6 cm³/mol. The highest BCUT2D eigenvalue weighted by molar-refractivity contribution is 5.32. The summed E-state index contributed by atoms with van der Waals surface area (Å²) in [6, 6.07) is 6.72. The summed E-state index contributed by atoms with van der Waals surface area (Å²) in [5.41, 5.74) is 1.12. The largest absolute Gasteiger partial charge is 0.347 e. The fourth-order valence-electron chi connectivity index (χ4n) is 1.88. The molecule has 0 fully saturated rings. The molecule has 2 rings (SSSR count). The van der Waals surface area contributed by atoms with Gasteiger partial charge >= 0.3 is 0 Å². The van der Waals surface area contributed by atoms with E-state index in [1.54, 1.807) is 24.5 Å². The smallest absolute Gasteiger partial charge is 0.269 e. The van der Waals surface area contributed by atoms with Gasteiger partial charge in [0, 0.05) is 31.1 Å². The molecule has 1 atom stereocenters. The average Bonchev–Trinajstić information content (AvgIpc) is 2.94. The molecule has 0 bridgehead atoms. The van der Waals surface area contributed by atoms with Crippen molar-refractivity contribution in [1.82, 2.24) is 15.3 Å². The predicted octanol–water partition coefficient (Wildman–Crippen LogP) is 2.56. The van der Waals surface area contributed by atoms with Crippen molar-refractivity contribution < 1.29 is 4.92 Å². The van der Waals surface area contributed by atoms with E-state index in [4.69, 9.17) is 0 Å². The molecule has 1 aromatic carbocycles. The molecule has 1 unspecified atom stereocenters. The maximum Gasteiger partial charge on any atom is 0.269 e. The summed E-state index contributed by atoms with van der Waals surface area (Å²) in [6.07, 6.45) is 4.44. The number of hydrogen-bond donors (Lipinski definition) is 2. The number of nitro groups is 1. The van der Waals surface area contributed by atoms with Gasteiger partial charge < -0.3 is 10.3 Å². The monoisotopic (exact) mass is 260 g/mol. The fraction of sp³-hybridized carbons (Fsp3) is 0.308. The van der Waals surface area contributed by atoms with Gasteiger partial charge in [-0.3, -0.25) is 10.1 Å². The van der Waals surface area contributed by atoms with Crippen LogP contribution in [0.4, 0.5) is 5.69 Å². The zero-order valence-corrected chi connectivity index (χ0v) is 10.7. The molecule has 19 heavy (non-hydrogen) atoms. The minimum atomic E-state index is -0.394.